The van der Waals surface area contributed by atoms with Crippen LogP contribution in [0.2, 0.25) is 0 Å². The summed E-state index contributed by atoms with van der Waals surface area (Å²) in [5.41, 5.74) is 0.854. The molecule has 1 aliphatic rings. The molecule has 1 heterocycles. The van der Waals surface area contributed by atoms with Crippen LogP contribution in [0.3, 0.4) is 0 Å². The van der Waals surface area contributed by atoms with Crippen LogP contribution in [0.25, 0.3) is 0 Å². The number of sulfonamides is 2. The van der Waals surface area contributed by atoms with Crippen LogP contribution < -0.4 is 14.8 Å². The number of rotatable bonds is 11. The number of hydrogen-bond donors (Lipinski definition) is 1. The number of methoxy groups -OCH3 is 2. The first-order chi connectivity index (χ1) is 16.6. The molecule has 35 heavy (non-hydrogen) atoms. The number of nitrogens with one attached hydrogen (secondary N) is 1. The molecule has 192 valence electrons. The minimum absolute atomic E-state index is 0.0985. The highest BCUT2D eigenvalue weighted by molar-refractivity contribution is 7.89. The molecule has 10 nitrogen and oxygen atoms in total. The van der Waals surface area contributed by atoms with Gasteiger partial charge >= 0.3 is 0 Å². The standard InChI is InChI=1S/C23H31N3O7S2/c1-25(35(30,31)22-16-19(32-2)8-11-21(22)33-3)17-23(27)24-13-12-18-6-9-20(10-7-18)34(28,29)26-14-4-5-15-26/h6-11,16H,4-5,12-15,17H2,1-3H3,(H,24,27). The van der Waals surface area contributed by atoms with E-state index in [0.29, 0.717) is 25.3 Å². The molecular weight excluding hydrogens is 494 g/mol. The van der Waals surface area contributed by atoms with Crippen molar-refractivity contribution < 1.29 is 31.1 Å². The van der Waals surface area contributed by atoms with Gasteiger partial charge in [-0.3, -0.25) is 4.79 Å². The van der Waals surface area contributed by atoms with Gasteiger partial charge in [-0.2, -0.15) is 8.61 Å². The van der Waals surface area contributed by atoms with Crippen LogP contribution in [0.15, 0.2) is 52.3 Å². The molecule has 0 aliphatic carbocycles. The smallest absolute Gasteiger partial charge is 0.247 e. The molecule has 1 N–H and O–H groups in total. The average molecular weight is 526 g/mol. The minimum atomic E-state index is -4.01. The third-order valence-electron chi connectivity index (χ3n) is 5.79. The lowest BCUT2D eigenvalue weighted by molar-refractivity contribution is -0.121. The Kier molecular flexibility index (Phi) is 8.75. The van der Waals surface area contributed by atoms with Crippen LogP contribution >= 0.6 is 0 Å². The molecule has 0 unspecified atom stereocenters. The van der Waals surface area contributed by atoms with Crippen molar-refractivity contribution in [2.24, 2.45) is 0 Å². The van der Waals surface area contributed by atoms with E-state index in [0.717, 1.165) is 22.7 Å². The summed E-state index contributed by atoms with van der Waals surface area (Å²) in [6.45, 7) is 0.985. The van der Waals surface area contributed by atoms with Gasteiger partial charge in [0.2, 0.25) is 26.0 Å². The molecule has 0 saturated carbocycles. The zero-order valence-electron chi connectivity index (χ0n) is 20.1. The predicted octanol–water partition coefficient (Wildman–Crippen LogP) is 1.47. The van der Waals surface area contributed by atoms with Gasteiger partial charge in [-0.1, -0.05) is 12.1 Å². The summed E-state index contributed by atoms with van der Waals surface area (Å²) in [5, 5.41) is 2.70. The molecule has 1 aliphatic heterocycles. The number of carbonyl (C=O) groups excluding carboxylic acids is 1. The van der Waals surface area contributed by atoms with E-state index in [9.17, 15) is 21.6 Å². The lowest BCUT2D eigenvalue weighted by Crippen LogP contribution is -2.39. The first kappa shape index (κ1) is 26.9. The SMILES string of the molecule is COc1ccc(OC)c(S(=O)(=O)N(C)CC(=O)NCCc2ccc(S(=O)(=O)N3CCCC3)cc2)c1. The summed E-state index contributed by atoms with van der Waals surface area (Å²) in [7, 11) is -3.37. The van der Waals surface area contributed by atoms with Crippen molar-refractivity contribution in [2.45, 2.75) is 29.1 Å². The summed E-state index contributed by atoms with van der Waals surface area (Å²) < 4.78 is 63.9. The van der Waals surface area contributed by atoms with Crippen molar-refractivity contribution >= 4 is 26.0 Å². The fraction of sp³-hybridized carbons (Fsp3) is 0.435. The number of amides is 1. The number of hydrogen-bond acceptors (Lipinski definition) is 7. The Morgan fingerprint density at radius 1 is 1.00 bits per heavy atom. The highest BCUT2D eigenvalue weighted by Crippen LogP contribution is 2.30. The van der Waals surface area contributed by atoms with Crippen molar-refractivity contribution in [1.82, 2.24) is 13.9 Å². The fourth-order valence-electron chi connectivity index (χ4n) is 3.75. The molecular formula is C23H31N3O7S2. The molecule has 0 atom stereocenters. The van der Waals surface area contributed by atoms with Crippen LogP contribution in [-0.4, -0.2) is 78.8 Å². The molecule has 0 spiro atoms. The fourth-order valence-corrected chi connectivity index (χ4v) is 6.56. The number of nitrogens with zero attached hydrogens (tertiary/aromatic N) is 2. The van der Waals surface area contributed by atoms with Gasteiger partial charge in [0.25, 0.3) is 0 Å². The first-order valence-corrected chi connectivity index (χ1v) is 14.0. The van der Waals surface area contributed by atoms with Gasteiger partial charge in [-0.15, -0.1) is 0 Å². The molecule has 0 radical (unpaired) electrons. The molecule has 2 aromatic rings. The third-order valence-corrected chi connectivity index (χ3v) is 9.52. The van der Waals surface area contributed by atoms with Gasteiger partial charge in [0.1, 0.15) is 16.4 Å². The summed E-state index contributed by atoms with van der Waals surface area (Å²) in [6.07, 6.45) is 2.22. The second-order valence-corrected chi connectivity index (χ2v) is 12.1. The Hall–Kier alpha value is -2.67. The molecule has 1 amide bonds. The second-order valence-electron chi connectivity index (χ2n) is 8.13. The third kappa shape index (κ3) is 6.31. The molecule has 1 fully saturated rings. The molecule has 12 heteroatoms. The lowest BCUT2D eigenvalue weighted by Gasteiger charge is -2.19. The highest BCUT2D eigenvalue weighted by Gasteiger charge is 2.28. The number of carbonyl (C=O) groups is 1. The Bertz CT molecular complexity index is 1240. The van der Waals surface area contributed by atoms with E-state index in [2.05, 4.69) is 5.32 Å². The molecule has 2 aromatic carbocycles. The summed E-state index contributed by atoms with van der Waals surface area (Å²) in [5.74, 6) is 0.0286. The van der Waals surface area contributed by atoms with Gasteiger partial charge in [0.15, 0.2) is 0 Å². The normalized spacial score (nSPS) is 14.7. The van der Waals surface area contributed by atoms with E-state index in [-0.39, 0.29) is 28.6 Å². The Morgan fingerprint density at radius 3 is 2.26 bits per heavy atom. The van der Waals surface area contributed by atoms with Crippen LogP contribution in [0.5, 0.6) is 11.5 Å². The lowest BCUT2D eigenvalue weighted by atomic mass is 10.1. The molecule has 0 bridgehead atoms. The van der Waals surface area contributed by atoms with E-state index in [1.54, 1.807) is 30.3 Å². The maximum absolute atomic E-state index is 13.0. The van der Waals surface area contributed by atoms with Gasteiger partial charge in [0, 0.05) is 32.7 Å². The molecule has 1 saturated heterocycles. The Balaban J connectivity index is 1.55. The zero-order chi connectivity index (χ0) is 25.6. The topological polar surface area (TPSA) is 122 Å². The van der Waals surface area contributed by atoms with Crippen molar-refractivity contribution in [1.29, 1.82) is 0 Å². The maximum atomic E-state index is 13.0. The number of likely N-dealkylation sites (N-methyl/N-ethyl adjacent to an activating group) is 1. The summed E-state index contributed by atoms with van der Waals surface area (Å²) in [4.78, 5) is 12.5. The van der Waals surface area contributed by atoms with Crippen molar-refractivity contribution in [3.05, 3.63) is 48.0 Å². The summed E-state index contributed by atoms with van der Waals surface area (Å²) in [6, 6.07) is 11.0. The van der Waals surface area contributed by atoms with Crippen LogP contribution in [-0.2, 0) is 31.3 Å². The second kappa shape index (κ2) is 11.4. The Morgan fingerprint density at radius 2 is 1.66 bits per heavy atom. The Labute approximate surface area is 206 Å². The van der Waals surface area contributed by atoms with Crippen LogP contribution in [0.1, 0.15) is 18.4 Å². The van der Waals surface area contributed by atoms with Crippen molar-refractivity contribution in [3.63, 3.8) is 0 Å². The van der Waals surface area contributed by atoms with Crippen molar-refractivity contribution in [3.8, 4) is 11.5 Å². The van der Waals surface area contributed by atoms with Crippen molar-refractivity contribution in [2.75, 3.05) is 47.4 Å². The van der Waals surface area contributed by atoms with Gasteiger partial charge in [-0.05, 0) is 49.1 Å². The van der Waals surface area contributed by atoms with Gasteiger partial charge < -0.3 is 14.8 Å². The quantitative estimate of drug-likeness (QED) is 0.471. The molecule has 3 rings (SSSR count). The number of benzene rings is 2. The molecule has 0 aromatic heterocycles. The van der Waals surface area contributed by atoms with E-state index < -0.39 is 26.0 Å². The van der Waals surface area contributed by atoms with E-state index >= 15 is 0 Å². The zero-order valence-corrected chi connectivity index (χ0v) is 21.7. The van der Waals surface area contributed by atoms with Crippen LogP contribution in [0.4, 0.5) is 0 Å². The van der Waals surface area contributed by atoms with E-state index in [1.807, 2.05) is 0 Å². The van der Waals surface area contributed by atoms with Gasteiger partial charge in [-0.25, -0.2) is 16.8 Å². The van der Waals surface area contributed by atoms with E-state index in [1.165, 1.54) is 37.7 Å². The maximum Gasteiger partial charge on any atom is 0.247 e. The largest absolute Gasteiger partial charge is 0.497 e. The first-order valence-electron chi connectivity index (χ1n) is 11.1. The average Bonchev–Trinajstić information content (AvgIpc) is 3.40. The van der Waals surface area contributed by atoms with Crippen LogP contribution in [0, 0.1) is 0 Å². The monoisotopic (exact) mass is 525 g/mol. The summed E-state index contributed by atoms with van der Waals surface area (Å²) >= 11 is 0. The number of ether oxygens (including phenoxy) is 2. The predicted molar refractivity (Wildman–Crippen MR) is 131 cm³/mol. The van der Waals surface area contributed by atoms with Gasteiger partial charge in [0.05, 0.1) is 25.7 Å². The van der Waals surface area contributed by atoms with E-state index in [4.69, 9.17) is 9.47 Å². The highest BCUT2D eigenvalue weighted by atomic mass is 32.2. The minimum Gasteiger partial charge on any atom is -0.497 e.